The van der Waals surface area contributed by atoms with Crippen LogP contribution in [0.5, 0.6) is 0 Å². The molecule has 2 atom stereocenters. The Balaban J connectivity index is 1.96. The maximum Gasteiger partial charge on any atom is 0.239 e. The minimum Gasteiger partial charge on any atom is -0.342 e. The number of carbonyl (C=O) groups is 1. The average Bonchev–Trinajstić information content (AvgIpc) is 2.48. The Morgan fingerprint density at radius 2 is 2.10 bits per heavy atom. The van der Waals surface area contributed by atoms with Crippen molar-refractivity contribution in [1.29, 1.82) is 0 Å². The van der Waals surface area contributed by atoms with Gasteiger partial charge in [-0.3, -0.25) is 4.79 Å². The highest BCUT2D eigenvalue weighted by molar-refractivity contribution is 5.82. The number of amides is 1. The van der Waals surface area contributed by atoms with Crippen molar-refractivity contribution in [2.24, 2.45) is 5.92 Å². The number of nitrogens with zero attached hydrogens (tertiary/aromatic N) is 1. The van der Waals surface area contributed by atoms with E-state index in [-0.39, 0.29) is 11.9 Å². The number of hydrogen-bond donors (Lipinski definition) is 1. The summed E-state index contributed by atoms with van der Waals surface area (Å²) in [7, 11) is 0. The summed E-state index contributed by atoms with van der Waals surface area (Å²) in [6.45, 7) is 8.79. The monoisotopic (exact) mass is 288 g/mol. The number of aryl methyl sites for hydroxylation is 1. The molecule has 0 aliphatic carbocycles. The summed E-state index contributed by atoms with van der Waals surface area (Å²) in [5.74, 6) is 0.881. The largest absolute Gasteiger partial charge is 0.342 e. The Bertz CT molecular complexity index is 468. The third-order valence-corrected chi connectivity index (χ3v) is 4.49. The average molecular weight is 288 g/mol. The molecule has 3 nitrogen and oxygen atoms in total. The van der Waals surface area contributed by atoms with Crippen LogP contribution in [0.2, 0.25) is 0 Å². The maximum absolute atomic E-state index is 12.5. The molecule has 1 heterocycles. The Morgan fingerprint density at radius 1 is 1.33 bits per heavy atom. The van der Waals surface area contributed by atoms with Crippen LogP contribution in [0.15, 0.2) is 24.3 Å². The number of carbonyl (C=O) groups excluding carboxylic acids is 1. The van der Waals surface area contributed by atoms with Crippen molar-refractivity contribution in [3.8, 4) is 0 Å². The first-order chi connectivity index (χ1) is 10.1. The highest BCUT2D eigenvalue weighted by atomic mass is 16.2. The van der Waals surface area contributed by atoms with Gasteiger partial charge in [0.1, 0.15) is 0 Å². The zero-order valence-electron chi connectivity index (χ0n) is 13.6. The molecule has 1 aromatic carbocycles. The Morgan fingerprint density at radius 3 is 2.76 bits per heavy atom. The molecule has 2 rings (SSSR count). The van der Waals surface area contributed by atoms with Crippen LogP contribution < -0.4 is 5.32 Å². The maximum atomic E-state index is 12.5. The molecule has 0 radical (unpaired) electrons. The van der Waals surface area contributed by atoms with Crippen LogP contribution in [0.3, 0.4) is 0 Å². The summed E-state index contributed by atoms with van der Waals surface area (Å²) in [6.07, 6.45) is 3.21. The van der Waals surface area contributed by atoms with Crippen LogP contribution in [-0.2, 0) is 11.2 Å². The zero-order chi connectivity index (χ0) is 15.2. The van der Waals surface area contributed by atoms with Gasteiger partial charge in [0.25, 0.3) is 0 Å². The van der Waals surface area contributed by atoms with E-state index in [1.165, 1.54) is 11.1 Å². The fourth-order valence-corrected chi connectivity index (χ4v) is 3.30. The van der Waals surface area contributed by atoms with Gasteiger partial charge in [-0.1, -0.05) is 29.8 Å². The lowest BCUT2D eigenvalue weighted by molar-refractivity contribution is -0.134. The van der Waals surface area contributed by atoms with Gasteiger partial charge in [-0.15, -0.1) is 0 Å². The molecule has 1 amide bonds. The number of piperidine rings is 1. The standard InChI is InChI=1S/C18H28N2O/c1-4-20(5-2)18(21)17-13-16(9-10-19-17)12-15-8-6-7-14(3)11-15/h6-8,11,16-17,19H,4-5,9-10,12-13H2,1-3H3. The second kappa shape index (κ2) is 7.60. The smallest absolute Gasteiger partial charge is 0.239 e. The van der Waals surface area contributed by atoms with Gasteiger partial charge in [0.2, 0.25) is 5.91 Å². The molecule has 3 heteroatoms. The number of rotatable bonds is 5. The van der Waals surface area contributed by atoms with E-state index in [4.69, 9.17) is 0 Å². The Labute approximate surface area is 128 Å². The molecule has 21 heavy (non-hydrogen) atoms. The van der Waals surface area contributed by atoms with Crippen molar-refractivity contribution >= 4 is 5.91 Å². The topological polar surface area (TPSA) is 32.3 Å². The first kappa shape index (κ1) is 16.0. The SMILES string of the molecule is CCN(CC)C(=O)C1CC(Cc2cccc(C)c2)CCN1. The summed E-state index contributed by atoms with van der Waals surface area (Å²) in [4.78, 5) is 14.4. The number of likely N-dealkylation sites (N-methyl/N-ethyl adjacent to an activating group) is 1. The molecular weight excluding hydrogens is 260 g/mol. The summed E-state index contributed by atoms with van der Waals surface area (Å²) in [5.41, 5.74) is 2.72. The van der Waals surface area contributed by atoms with Gasteiger partial charge in [-0.25, -0.2) is 0 Å². The lowest BCUT2D eigenvalue weighted by atomic mass is 9.86. The van der Waals surface area contributed by atoms with Gasteiger partial charge < -0.3 is 10.2 Å². The molecule has 1 aliphatic rings. The third-order valence-electron chi connectivity index (χ3n) is 4.49. The molecule has 0 saturated carbocycles. The molecule has 0 spiro atoms. The first-order valence-electron chi connectivity index (χ1n) is 8.21. The molecule has 0 bridgehead atoms. The highest BCUT2D eigenvalue weighted by Gasteiger charge is 2.29. The van der Waals surface area contributed by atoms with Gasteiger partial charge in [0, 0.05) is 13.1 Å². The van der Waals surface area contributed by atoms with Crippen molar-refractivity contribution < 1.29 is 4.79 Å². The zero-order valence-corrected chi connectivity index (χ0v) is 13.6. The predicted octanol–water partition coefficient (Wildman–Crippen LogP) is 2.77. The van der Waals surface area contributed by atoms with Gasteiger partial charge in [0.05, 0.1) is 6.04 Å². The fraction of sp³-hybridized carbons (Fsp3) is 0.611. The van der Waals surface area contributed by atoms with Crippen molar-refractivity contribution in [1.82, 2.24) is 10.2 Å². The van der Waals surface area contributed by atoms with Crippen LogP contribution in [0.1, 0.15) is 37.8 Å². The van der Waals surface area contributed by atoms with Crippen molar-refractivity contribution in [3.05, 3.63) is 35.4 Å². The normalized spacial score (nSPS) is 22.0. The van der Waals surface area contributed by atoms with E-state index in [2.05, 4.69) is 50.4 Å². The molecule has 0 aromatic heterocycles. The minimum absolute atomic E-state index is 0.00783. The Hall–Kier alpha value is -1.35. The van der Waals surface area contributed by atoms with Crippen molar-refractivity contribution in [2.75, 3.05) is 19.6 Å². The lowest BCUT2D eigenvalue weighted by Crippen LogP contribution is -2.50. The van der Waals surface area contributed by atoms with E-state index < -0.39 is 0 Å². The first-order valence-corrected chi connectivity index (χ1v) is 8.21. The highest BCUT2D eigenvalue weighted by Crippen LogP contribution is 2.22. The van der Waals surface area contributed by atoms with Crippen LogP contribution in [0.25, 0.3) is 0 Å². The molecule has 1 aliphatic heterocycles. The summed E-state index contributed by atoms with van der Waals surface area (Å²) in [6, 6.07) is 8.75. The molecule has 1 N–H and O–H groups in total. The van der Waals surface area contributed by atoms with E-state index in [0.717, 1.165) is 38.9 Å². The minimum atomic E-state index is 0.00783. The summed E-state index contributed by atoms with van der Waals surface area (Å²) in [5, 5.41) is 3.40. The van der Waals surface area contributed by atoms with Crippen molar-refractivity contribution in [2.45, 2.75) is 46.1 Å². The van der Waals surface area contributed by atoms with Gasteiger partial charge >= 0.3 is 0 Å². The fourth-order valence-electron chi connectivity index (χ4n) is 3.30. The van der Waals surface area contributed by atoms with Crippen LogP contribution >= 0.6 is 0 Å². The number of nitrogens with one attached hydrogen (secondary N) is 1. The lowest BCUT2D eigenvalue weighted by Gasteiger charge is -2.33. The van der Waals surface area contributed by atoms with Gasteiger partial charge in [-0.05, 0) is 58.1 Å². The van der Waals surface area contributed by atoms with Crippen LogP contribution in [0.4, 0.5) is 0 Å². The molecule has 116 valence electrons. The molecule has 2 unspecified atom stereocenters. The van der Waals surface area contributed by atoms with Crippen LogP contribution in [0, 0.1) is 12.8 Å². The molecular formula is C18H28N2O. The van der Waals surface area contributed by atoms with E-state index in [1.54, 1.807) is 0 Å². The number of hydrogen-bond acceptors (Lipinski definition) is 2. The van der Waals surface area contributed by atoms with Gasteiger partial charge in [0.15, 0.2) is 0 Å². The number of benzene rings is 1. The van der Waals surface area contributed by atoms with Crippen molar-refractivity contribution in [3.63, 3.8) is 0 Å². The summed E-state index contributed by atoms with van der Waals surface area (Å²) < 4.78 is 0. The second-order valence-electron chi connectivity index (χ2n) is 6.10. The van der Waals surface area contributed by atoms with E-state index in [1.807, 2.05) is 4.90 Å². The quantitative estimate of drug-likeness (QED) is 0.903. The van der Waals surface area contributed by atoms with E-state index >= 15 is 0 Å². The molecule has 1 aromatic rings. The summed E-state index contributed by atoms with van der Waals surface area (Å²) >= 11 is 0. The van der Waals surface area contributed by atoms with E-state index in [9.17, 15) is 4.79 Å². The predicted molar refractivity (Wildman–Crippen MR) is 87.3 cm³/mol. The second-order valence-corrected chi connectivity index (χ2v) is 6.10. The van der Waals surface area contributed by atoms with Crippen LogP contribution in [-0.4, -0.2) is 36.5 Å². The third kappa shape index (κ3) is 4.31. The van der Waals surface area contributed by atoms with E-state index in [0.29, 0.717) is 5.92 Å². The Kier molecular flexibility index (Phi) is 5.80. The van der Waals surface area contributed by atoms with Gasteiger partial charge in [-0.2, -0.15) is 0 Å². The molecule has 1 saturated heterocycles. The molecule has 1 fully saturated rings.